The molecule has 10 heteroatoms. The first-order chi connectivity index (χ1) is 10.3. The molecule has 2 saturated heterocycles. The molecule has 6 N–H and O–H groups in total. The average molecular weight is 325 g/mol. The third kappa shape index (κ3) is 3.26. The topological polar surface area (TPSA) is 172 Å². The molecule has 10 atom stereocenters. The lowest BCUT2D eigenvalue weighted by atomic mass is 9.97. The van der Waals surface area contributed by atoms with E-state index < -0.39 is 68.0 Å². The Morgan fingerprint density at radius 1 is 0.909 bits per heavy atom. The summed E-state index contributed by atoms with van der Waals surface area (Å²) in [4.78, 5) is 0. The molecule has 2 rings (SSSR count). The molecule has 2 aliphatic rings. The molecule has 0 amide bonds. The van der Waals surface area contributed by atoms with E-state index in [-0.39, 0.29) is 0 Å². The van der Waals surface area contributed by atoms with Gasteiger partial charge in [-0.25, -0.2) is 0 Å². The molecule has 2 aliphatic heterocycles. The first-order valence-electron chi connectivity index (χ1n) is 6.91. The van der Waals surface area contributed by atoms with Crippen LogP contribution in [0, 0.1) is 0 Å². The highest BCUT2D eigenvalue weighted by molar-refractivity contribution is 4.92. The van der Waals surface area contributed by atoms with Crippen LogP contribution < -0.4 is 5.11 Å². The zero-order valence-corrected chi connectivity index (χ0v) is 11.8. The van der Waals surface area contributed by atoms with E-state index in [1.165, 1.54) is 6.92 Å². The second-order valence-electron chi connectivity index (χ2n) is 5.49. The van der Waals surface area contributed by atoms with Gasteiger partial charge in [-0.1, -0.05) is 0 Å². The maximum Gasteiger partial charge on any atom is 0.187 e. The number of aliphatic hydroxyl groups is 6. The molecule has 0 aromatic carbocycles. The van der Waals surface area contributed by atoms with Gasteiger partial charge in [0.05, 0.1) is 18.8 Å². The minimum Gasteiger partial charge on any atom is -0.829 e. The van der Waals surface area contributed by atoms with Crippen molar-refractivity contribution < 1.29 is 50.0 Å². The van der Waals surface area contributed by atoms with Crippen molar-refractivity contribution in [3.63, 3.8) is 0 Å². The summed E-state index contributed by atoms with van der Waals surface area (Å²) in [5.74, 6) is 0. The van der Waals surface area contributed by atoms with Gasteiger partial charge in [-0.3, -0.25) is 0 Å². The van der Waals surface area contributed by atoms with Gasteiger partial charge in [-0.15, -0.1) is 0 Å². The van der Waals surface area contributed by atoms with Crippen LogP contribution in [-0.2, 0) is 14.2 Å². The van der Waals surface area contributed by atoms with Gasteiger partial charge in [0.1, 0.15) is 36.6 Å². The molecule has 2 heterocycles. The van der Waals surface area contributed by atoms with Crippen molar-refractivity contribution in [2.45, 2.75) is 68.3 Å². The summed E-state index contributed by atoms with van der Waals surface area (Å²) in [5, 5.41) is 69.1. The molecule has 0 saturated carbocycles. The lowest BCUT2D eigenvalue weighted by molar-refractivity contribution is -0.535. The van der Waals surface area contributed by atoms with E-state index in [1.54, 1.807) is 0 Å². The van der Waals surface area contributed by atoms with Crippen molar-refractivity contribution >= 4 is 0 Å². The Morgan fingerprint density at radius 2 is 1.55 bits per heavy atom. The zero-order valence-electron chi connectivity index (χ0n) is 11.8. The van der Waals surface area contributed by atoms with Crippen LogP contribution in [0.5, 0.6) is 0 Å². The van der Waals surface area contributed by atoms with Gasteiger partial charge in [-0.05, 0) is 6.92 Å². The highest BCUT2D eigenvalue weighted by Gasteiger charge is 2.47. The maximum absolute atomic E-state index is 11.4. The van der Waals surface area contributed by atoms with E-state index >= 15 is 0 Å². The normalized spacial score (nSPS) is 53.5. The van der Waals surface area contributed by atoms with Crippen molar-refractivity contribution in [1.29, 1.82) is 0 Å². The molecule has 0 aromatic heterocycles. The van der Waals surface area contributed by atoms with Crippen molar-refractivity contribution in [1.82, 2.24) is 0 Å². The van der Waals surface area contributed by atoms with Crippen LogP contribution in [0.4, 0.5) is 0 Å². The second-order valence-corrected chi connectivity index (χ2v) is 5.49. The summed E-state index contributed by atoms with van der Waals surface area (Å²) in [6.07, 6.45) is -14.8. The molecular weight excluding hydrogens is 304 g/mol. The SMILES string of the molecule is C[C@@H]1O[C@H](O[C@@H]2[C@H](O)[C@@H](O)[C@@H]([O-])O[C@@H]2CO)[C@@H](O)[C@H](O)[C@@H]1O. The minimum absolute atomic E-state index is 0.670. The van der Waals surface area contributed by atoms with Gasteiger partial charge in [-0.2, -0.15) is 0 Å². The van der Waals surface area contributed by atoms with Crippen molar-refractivity contribution in [2.24, 2.45) is 0 Å². The predicted molar refractivity (Wildman–Crippen MR) is 65.0 cm³/mol. The molecule has 0 radical (unpaired) electrons. The fourth-order valence-electron chi connectivity index (χ4n) is 2.50. The third-order valence-electron chi connectivity index (χ3n) is 3.92. The van der Waals surface area contributed by atoms with Crippen LogP contribution in [-0.4, -0.2) is 98.7 Å². The van der Waals surface area contributed by atoms with Crippen LogP contribution in [0.25, 0.3) is 0 Å². The van der Waals surface area contributed by atoms with E-state index in [4.69, 9.17) is 14.2 Å². The molecule has 0 aliphatic carbocycles. The quantitative estimate of drug-likeness (QED) is 0.295. The highest BCUT2D eigenvalue weighted by Crippen LogP contribution is 2.27. The average Bonchev–Trinajstić information content (AvgIpc) is 2.50. The minimum atomic E-state index is -1.95. The Kier molecular flexibility index (Phi) is 5.72. The van der Waals surface area contributed by atoms with Crippen LogP contribution in [0.1, 0.15) is 6.92 Å². The molecule has 130 valence electrons. The smallest absolute Gasteiger partial charge is 0.187 e. The third-order valence-corrected chi connectivity index (χ3v) is 3.92. The van der Waals surface area contributed by atoms with E-state index in [1.807, 2.05) is 0 Å². The van der Waals surface area contributed by atoms with Crippen LogP contribution in [0.2, 0.25) is 0 Å². The Bertz CT molecular complexity index is 366. The van der Waals surface area contributed by atoms with Gasteiger partial charge in [0.25, 0.3) is 0 Å². The van der Waals surface area contributed by atoms with Gasteiger partial charge >= 0.3 is 0 Å². The first kappa shape index (κ1) is 17.9. The number of hydrogen-bond acceptors (Lipinski definition) is 10. The van der Waals surface area contributed by atoms with Gasteiger partial charge in [0.15, 0.2) is 6.29 Å². The first-order valence-corrected chi connectivity index (χ1v) is 6.91. The van der Waals surface area contributed by atoms with Gasteiger partial charge in [0.2, 0.25) is 0 Å². The standard InChI is InChI=1S/C12H21O10/c1-3-5(14)6(15)9(18)12(20-3)22-10-4(2-13)21-11(19)8(17)7(10)16/h3-18H,2H2,1H3/q-1/t3-,4+,5+,6+,7+,8+,9-,10-,11-,12+/m0/s1. The Morgan fingerprint density at radius 3 is 2.14 bits per heavy atom. The summed E-state index contributed by atoms with van der Waals surface area (Å²) in [6, 6.07) is 0. The Hall–Kier alpha value is -0.400. The highest BCUT2D eigenvalue weighted by atomic mass is 16.7. The molecule has 2 fully saturated rings. The number of ether oxygens (including phenoxy) is 3. The molecule has 0 aromatic rings. The fraction of sp³-hybridized carbons (Fsp3) is 1.00. The summed E-state index contributed by atoms with van der Waals surface area (Å²) < 4.78 is 15.3. The van der Waals surface area contributed by atoms with Crippen LogP contribution in [0.15, 0.2) is 0 Å². The van der Waals surface area contributed by atoms with E-state index in [9.17, 15) is 35.7 Å². The molecule has 0 spiro atoms. The number of hydrogen-bond donors (Lipinski definition) is 6. The van der Waals surface area contributed by atoms with Gasteiger partial charge < -0.3 is 50.0 Å². The van der Waals surface area contributed by atoms with E-state index in [0.29, 0.717) is 0 Å². The summed E-state index contributed by atoms with van der Waals surface area (Å²) in [7, 11) is 0. The Labute approximate surface area is 126 Å². The van der Waals surface area contributed by atoms with E-state index in [0.717, 1.165) is 0 Å². The lowest BCUT2D eigenvalue weighted by Gasteiger charge is -2.47. The predicted octanol–water partition coefficient (Wildman–Crippen LogP) is -5.00. The monoisotopic (exact) mass is 325 g/mol. The van der Waals surface area contributed by atoms with Crippen molar-refractivity contribution in [3.8, 4) is 0 Å². The molecule has 0 bridgehead atoms. The summed E-state index contributed by atoms with van der Waals surface area (Å²) >= 11 is 0. The van der Waals surface area contributed by atoms with Crippen LogP contribution >= 0.6 is 0 Å². The molecular formula is C12H21O10-. The Balaban J connectivity index is 2.10. The largest absolute Gasteiger partial charge is 0.829 e. The second kappa shape index (κ2) is 7.01. The van der Waals surface area contributed by atoms with Crippen LogP contribution in [0.3, 0.4) is 0 Å². The van der Waals surface area contributed by atoms with Crippen molar-refractivity contribution in [2.75, 3.05) is 6.61 Å². The molecule has 22 heavy (non-hydrogen) atoms. The summed E-state index contributed by atoms with van der Waals surface area (Å²) in [5.41, 5.74) is 0. The lowest BCUT2D eigenvalue weighted by Crippen LogP contribution is -2.65. The van der Waals surface area contributed by atoms with Crippen molar-refractivity contribution in [3.05, 3.63) is 0 Å². The fourth-order valence-corrected chi connectivity index (χ4v) is 2.50. The van der Waals surface area contributed by atoms with Gasteiger partial charge in [0, 0.05) is 6.29 Å². The van der Waals surface area contributed by atoms with E-state index in [2.05, 4.69) is 0 Å². The molecule has 10 nitrogen and oxygen atoms in total. The maximum atomic E-state index is 11.4. The summed E-state index contributed by atoms with van der Waals surface area (Å²) in [6.45, 7) is 0.771. The molecule has 0 unspecified atom stereocenters. The zero-order chi connectivity index (χ0) is 16.6. The number of rotatable bonds is 3. The number of aliphatic hydroxyl groups excluding tert-OH is 6.